The molecule has 4 bridgehead atoms. The standard InChI is InChI=1S/C21H25ClFN3O2/c1-11(20-18-16(25(2)24-20)4-3-15(23)19(18)22)5-17(27)26-13-6-12-7-14(26)10-21(28,8-12)9-13/h3-4,11-14,28H,5-10H2,1-2H3. The van der Waals surface area contributed by atoms with Gasteiger partial charge in [0, 0.05) is 36.9 Å². The van der Waals surface area contributed by atoms with Crippen molar-refractivity contribution in [3.8, 4) is 0 Å². The van der Waals surface area contributed by atoms with Gasteiger partial charge >= 0.3 is 0 Å². The van der Waals surface area contributed by atoms with Gasteiger partial charge in [0.1, 0.15) is 5.82 Å². The summed E-state index contributed by atoms with van der Waals surface area (Å²) in [5.41, 5.74) is 0.859. The van der Waals surface area contributed by atoms with Crippen LogP contribution < -0.4 is 0 Å². The van der Waals surface area contributed by atoms with E-state index in [0.717, 1.165) is 24.8 Å². The molecule has 7 heteroatoms. The number of aryl methyl sites for hydroxylation is 1. The van der Waals surface area contributed by atoms with Gasteiger partial charge in [-0.15, -0.1) is 0 Å². The molecule has 3 unspecified atom stereocenters. The molecular formula is C21H25ClFN3O2. The van der Waals surface area contributed by atoms with E-state index in [1.165, 1.54) is 6.07 Å². The minimum Gasteiger partial charge on any atom is -0.390 e. The van der Waals surface area contributed by atoms with Crippen LogP contribution in [0.2, 0.25) is 5.02 Å². The molecule has 1 amide bonds. The average molecular weight is 406 g/mol. The molecule has 1 aromatic heterocycles. The molecule has 4 aliphatic rings. The van der Waals surface area contributed by atoms with E-state index < -0.39 is 11.4 Å². The Kier molecular flexibility index (Phi) is 4.05. The zero-order valence-electron chi connectivity index (χ0n) is 16.2. The van der Waals surface area contributed by atoms with Gasteiger partial charge in [-0.3, -0.25) is 9.48 Å². The van der Waals surface area contributed by atoms with Gasteiger partial charge in [0.15, 0.2) is 0 Å². The van der Waals surface area contributed by atoms with Crippen molar-refractivity contribution in [2.24, 2.45) is 13.0 Å². The fourth-order valence-corrected chi connectivity index (χ4v) is 6.38. The fourth-order valence-electron chi connectivity index (χ4n) is 6.12. The largest absolute Gasteiger partial charge is 0.390 e. The predicted octanol–water partition coefficient (Wildman–Crippen LogP) is 3.76. The molecular weight excluding hydrogens is 381 g/mol. The molecule has 2 saturated heterocycles. The molecule has 1 N–H and O–H groups in total. The summed E-state index contributed by atoms with van der Waals surface area (Å²) in [5.74, 6) is 0.0115. The van der Waals surface area contributed by atoms with Crippen LogP contribution in [0, 0.1) is 11.7 Å². The normalized spacial score (nSPS) is 32.3. The molecule has 2 saturated carbocycles. The molecule has 2 aliphatic heterocycles. The van der Waals surface area contributed by atoms with Crippen molar-refractivity contribution in [2.45, 2.75) is 69.1 Å². The molecule has 2 aromatic rings. The van der Waals surface area contributed by atoms with Crippen LogP contribution in [0.5, 0.6) is 0 Å². The Hall–Kier alpha value is -1.66. The van der Waals surface area contributed by atoms with Crippen molar-refractivity contribution < 1.29 is 14.3 Å². The lowest BCUT2D eigenvalue weighted by molar-refractivity contribution is -0.174. The molecule has 1 aromatic carbocycles. The van der Waals surface area contributed by atoms with Crippen molar-refractivity contribution in [2.75, 3.05) is 0 Å². The quantitative estimate of drug-likeness (QED) is 0.845. The Balaban J connectivity index is 1.41. The van der Waals surface area contributed by atoms with E-state index in [2.05, 4.69) is 5.10 Å². The van der Waals surface area contributed by atoms with E-state index in [1.54, 1.807) is 17.8 Å². The SMILES string of the molecule is CC(CC(=O)N1C2CC3CC1CC(O)(C3)C2)c1nn(C)c2ccc(F)c(Cl)c12. The van der Waals surface area contributed by atoms with Crippen LogP contribution in [0.4, 0.5) is 4.39 Å². The number of hydrogen-bond acceptors (Lipinski definition) is 3. The van der Waals surface area contributed by atoms with Crippen molar-refractivity contribution in [1.82, 2.24) is 14.7 Å². The van der Waals surface area contributed by atoms with Gasteiger partial charge in [0.05, 0.1) is 21.8 Å². The van der Waals surface area contributed by atoms with Gasteiger partial charge in [0.2, 0.25) is 5.91 Å². The summed E-state index contributed by atoms with van der Waals surface area (Å²) in [4.78, 5) is 15.3. The van der Waals surface area contributed by atoms with E-state index in [9.17, 15) is 14.3 Å². The summed E-state index contributed by atoms with van der Waals surface area (Å²) in [5, 5.41) is 15.9. The third-order valence-corrected chi connectivity index (χ3v) is 7.44. The van der Waals surface area contributed by atoms with Gasteiger partial charge < -0.3 is 10.0 Å². The molecule has 2 aliphatic carbocycles. The molecule has 3 atom stereocenters. The summed E-state index contributed by atoms with van der Waals surface area (Å²) >= 11 is 6.24. The minimum absolute atomic E-state index is 0.0667. The first kappa shape index (κ1) is 18.4. The van der Waals surface area contributed by atoms with E-state index >= 15 is 0 Å². The number of carbonyl (C=O) groups is 1. The van der Waals surface area contributed by atoms with Crippen LogP contribution in [-0.2, 0) is 11.8 Å². The first-order valence-corrected chi connectivity index (χ1v) is 10.5. The lowest BCUT2D eigenvalue weighted by Crippen LogP contribution is -2.65. The van der Waals surface area contributed by atoms with Gasteiger partial charge in [-0.2, -0.15) is 5.10 Å². The van der Waals surface area contributed by atoms with Crippen LogP contribution in [0.15, 0.2) is 12.1 Å². The van der Waals surface area contributed by atoms with Crippen LogP contribution in [0.3, 0.4) is 0 Å². The molecule has 3 heterocycles. The first-order chi connectivity index (χ1) is 13.3. The Bertz CT molecular complexity index is 958. The maximum atomic E-state index is 14.0. The molecule has 0 spiro atoms. The second-order valence-corrected chi connectivity index (χ2v) is 9.53. The number of halogens is 2. The molecule has 5 nitrogen and oxygen atoms in total. The molecule has 0 radical (unpaired) electrons. The van der Waals surface area contributed by atoms with E-state index in [4.69, 9.17) is 11.6 Å². The van der Waals surface area contributed by atoms with Gasteiger partial charge in [0.25, 0.3) is 0 Å². The third kappa shape index (κ3) is 2.68. The fraction of sp³-hybridized carbons (Fsp3) is 0.619. The van der Waals surface area contributed by atoms with Crippen LogP contribution in [0.1, 0.15) is 57.1 Å². The van der Waals surface area contributed by atoms with Crippen molar-refractivity contribution in [3.63, 3.8) is 0 Å². The number of amides is 1. The highest BCUT2D eigenvalue weighted by molar-refractivity contribution is 6.35. The monoisotopic (exact) mass is 405 g/mol. The number of carbonyl (C=O) groups excluding carboxylic acids is 1. The molecule has 4 fully saturated rings. The van der Waals surface area contributed by atoms with E-state index in [0.29, 0.717) is 36.3 Å². The number of aromatic nitrogens is 2. The highest BCUT2D eigenvalue weighted by atomic mass is 35.5. The lowest BCUT2D eigenvalue weighted by Gasteiger charge is -2.59. The Morgan fingerprint density at radius 2 is 2.04 bits per heavy atom. The summed E-state index contributed by atoms with van der Waals surface area (Å²) in [7, 11) is 1.80. The van der Waals surface area contributed by atoms with Crippen LogP contribution >= 0.6 is 11.6 Å². The Labute approximate surface area is 168 Å². The minimum atomic E-state index is -0.568. The summed E-state index contributed by atoms with van der Waals surface area (Å²) in [6.07, 6.45) is 4.61. The maximum Gasteiger partial charge on any atom is 0.223 e. The number of rotatable bonds is 3. The molecule has 150 valence electrons. The number of fused-ring (bicyclic) bond motifs is 1. The average Bonchev–Trinajstić information content (AvgIpc) is 2.93. The Morgan fingerprint density at radius 1 is 1.36 bits per heavy atom. The van der Waals surface area contributed by atoms with Crippen molar-refractivity contribution in [3.05, 3.63) is 28.7 Å². The molecule has 28 heavy (non-hydrogen) atoms. The smallest absolute Gasteiger partial charge is 0.223 e. The topological polar surface area (TPSA) is 58.4 Å². The highest BCUT2D eigenvalue weighted by Gasteiger charge is 2.54. The van der Waals surface area contributed by atoms with Gasteiger partial charge in [-0.1, -0.05) is 18.5 Å². The van der Waals surface area contributed by atoms with E-state index in [-0.39, 0.29) is 28.9 Å². The Morgan fingerprint density at radius 3 is 2.68 bits per heavy atom. The number of hydrogen-bond donors (Lipinski definition) is 1. The van der Waals surface area contributed by atoms with Crippen molar-refractivity contribution >= 4 is 28.4 Å². The lowest BCUT2D eigenvalue weighted by atomic mass is 9.61. The highest BCUT2D eigenvalue weighted by Crippen LogP contribution is 2.51. The number of nitrogens with zero attached hydrogens (tertiary/aromatic N) is 3. The maximum absolute atomic E-state index is 14.0. The number of piperidine rings is 2. The van der Waals surface area contributed by atoms with Gasteiger partial charge in [-0.05, 0) is 50.2 Å². The second kappa shape index (κ2) is 6.17. The summed E-state index contributed by atoms with van der Waals surface area (Å²) in [6.45, 7) is 1.95. The summed E-state index contributed by atoms with van der Waals surface area (Å²) in [6, 6.07) is 3.32. The van der Waals surface area contributed by atoms with Crippen LogP contribution in [-0.4, -0.2) is 43.4 Å². The van der Waals surface area contributed by atoms with Crippen molar-refractivity contribution in [1.29, 1.82) is 0 Å². The zero-order valence-corrected chi connectivity index (χ0v) is 16.9. The zero-order chi connectivity index (χ0) is 19.8. The van der Waals surface area contributed by atoms with Crippen LogP contribution in [0.25, 0.3) is 10.9 Å². The molecule has 6 rings (SSSR count). The number of benzene rings is 1. The first-order valence-electron chi connectivity index (χ1n) is 10.1. The number of aliphatic hydroxyl groups is 1. The predicted molar refractivity (Wildman–Crippen MR) is 105 cm³/mol. The van der Waals surface area contributed by atoms with E-state index in [1.807, 2.05) is 11.8 Å². The van der Waals surface area contributed by atoms with Gasteiger partial charge in [-0.25, -0.2) is 4.39 Å². The second-order valence-electron chi connectivity index (χ2n) is 9.15. The summed E-state index contributed by atoms with van der Waals surface area (Å²) < 4.78 is 15.7. The third-order valence-electron chi connectivity index (χ3n) is 7.07.